The molecule has 1 aromatic rings. The van der Waals surface area contributed by atoms with Gasteiger partial charge in [-0.2, -0.15) is 0 Å². The van der Waals surface area contributed by atoms with Gasteiger partial charge >= 0.3 is 5.97 Å². The highest BCUT2D eigenvalue weighted by Gasteiger charge is 2.30. The highest BCUT2D eigenvalue weighted by atomic mass is 16.4. The van der Waals surface area contributed by atoms with Crippen molar-refractivity contribution in [1.82, 2.24) is 9.71 Å². The number of hydrogen-bond donors (Lipinski definition) is 1. The molecule has 19 heavy (non-hydrogen) atoms. The van der Waals surface area contributed by atoms with Gasteiger partial charge < -0.3 is 9.92 Å². The minimum Gasteiger partial charge on any atom is -0.481 e. The fourth-order valence-electron chi connectivity index (χ4n) is 2.55. The van der Waals surface area contributed by atoms with Crippen LogP contribution in [0.4, 0.5) is 0 Å². The van der Waals surface area contributed by atoms with Crippen molar-refractivity contribution in [3.05, 3.63) is 35.9 Å². The Labute approximate surface area is 115 Å². The number of benzene rings is 1. The molecule has 100 valence electrons. The van der Waals surface area contributed by atoms with Crippen molar-refractivity contribution < 1.29 is 9.90 Å². The second kappa shape index (κ2) is 6.22. The molecule has 0 amide bonds. The van der Waals surface area contributed by atoms with Gasteiger partial charge in [-0.1, -0.05) is 30.3 Å². The molecule has 4 nitrogen and oxygen atoms in total. The summed E-state index contributed by atoms with van der Waals surface area (Å²) in [5.74, 6) is -0.797. The number of piperazine rings is 1. The molecule has 2 radical (unpaired) electrons. The molecule has 1 aromatic carbocycles. The molecular weight excluding hydrogens is 239 g/mol. The molecule has 0 saturated carbocycles. The Morgan fingerprint density at radius 1 is 1.37 bits per heavy atom. The topological polar surface area (TPSA) is 43.8 Å². The number of nitrogens with zero attached hydrogens (tertiary/aromatic N) is 2. The van der Waals surface area contributed by atoms with E-state index in [9.17, 15) is 4.79 Å². The Balaban J connectivity index is 2.01. The van der Waals surface area contributed by atoms with E-state index in [2.05, 4.69) is 24.0 Å². The third-order valence-electron chi connectivity index (χ3n) is 3.65. The van der Waals surface area contributed by atoms with E-state index in [1.165, 1.54) is 5.56 Å². The van der Waals surface area contributed by atoms with Crippen LogP contribution in [0.1, 0.15) is 18.9 Å². The van der Waals surface area contributed by atoms with E-state index in [0.29, 0.717) is 19.1 Å². The van der Waals surface area contributed by atoms with E-state index in [-0.39, 0.29) is 12.5 Å². The number of rotatable bonds is 4. The molecule has 0 spiro atoms. The maximum atomic E-state index is 10.9. The van der Waals surface area contributed by atoms with Gasteiger partial charge in [0.1, 0.15) is 0 Å². The van der Waals surface area contributed by atoms with Crippen LogP contribution in [-0.4, -0.2) is 53.9 Å². The fourth-order valence-corrected chi connectivity index (χ4v) is 2.55. The third-order valence-corrected chi connectivity index (χ3v) is 3.65. The number of carboxylic acid groups (broad SMARTS) is 1. The van der Waals surface area contributed by atoms with Gasteiger partial charge in [0.2, 0.25) is 0 Å². The molecule has 0 aliphatic carbocycles. The van der Waals surface area contributed by atoms with Crippen LogP contribution in [0.25, 0.3) is 0 Å². The highest BCUT2D eigenvalue weighted by Crippen LogP contribution is 2.18. The van der Waals surface area contributed by atoms with Gasteiger partial charge in [0.05, 0.1) is 6.42 Å². The average molecular weight is 258 g/mol. The van der Waals surface area contributed by atoms with E-state index in [4.69, 9.17) is 13.1 Å². The maximum absolute atomic E-state index is 10.9. The Kier molecular flexibility index (Phi) is 4.61. The van der Waals surface area contributed by atoms with Gasteiger partial charge in [-0.15, -0.1) is 0 Å². The number of carbonyl (C=O) groups is 1. The summed E-state index contributed by atoms with van der Waals surface area (Å²) in [5.41, 5.74) is 1.24. The van der Waals surface area contributed by atoms with Crippen LogP contribution in [0.5, 0.6) is 0 Å². The molecule has 2 rings (SSSR count). The van der Waals surface area contributed by atoms with E-state index < -0.39 is 5.97 Å². The summed E-state index contributed by atoms with van der Waals surface area (Å²) in [6.07, 6.45) is 0.0918. The lowest BCUT2D eigenvalue weighted by Crippen LogP contribution is -2.56. The normalized spacial score (nSPS) is 25.3. The summed E-state index contributed by atoms with van der Waals surface area (Å²) < 4.78 is 0. The van der Waals surface area contributed by atoms with Crippen molar-refractivity contribution in [2.45, 2.75) is 32.0 Å². The third kappa shape index (κ3) is 3.82. The van der Waals surface area contributed by atoms with Crippen molar-refractivity contribution >= 4 is 14.0 Å². The van der Waals surface area contributed by atoms with Crippen LogP contribution in [0, 0.1) is 0 Å². The second-order valence-corrected chi connectivity index (χ2v) is 5.21. The van der Waals surface area contributed by atoms with Gasteiger partial charge in [0, 0.05) is 31.7 Å². The smallest absolute Gasteiger partial charge is 0.304 e. The quantitative estimate of drug-likeness (QED) is 0.822. The van der Waals surface area contributed by atoms with Gasteiger partial charge in [0.25, 0.3) is 0 Å². The first kappa shape index (κ1) is 14.1. The zero-order valence-electron chi connectivity index (χ0n) is 11.2. The molecule has 1 aliphatic rings. The van der Waals surface area contributed by atoms with Crippen LogP contribution in [0.3, 0.4) is 0 Å². The molecule has 1 fully saturated rings. The maximum Gasteiger partial charge on any atom is 0.304 e. The molecule has 0 bridgehead atoms. The molecule has 1 aliphatic heterocycles. The summed E-state index contributed by atoms with van der Waals surface area (Å²) in [5, 5.41) is 8.92. The summed E-state index contributed by atoms with van der Waals surface area (Å²) in [6.45, 7) is 4.36. The van der Waals surface area contributed by atoms with Crippen LogP contribution in [-0.2, 0) is 11.3 Å². The molecule has 0 aromatic heterocycles. The minimum atomic E-state index is -0.797. The molecular formula is C14H19BN2O2. The summed E-state index contributed by atoms with van der Waals surface area (Å²) >= 11 is 0. The zero-order chi connectivity index (χ0) is 13.8. The van der Waals surface area contributed by atoms with Crippen molar-refractivity contribution in [2.24, 2.45) is 0 Å². The zero-order valence-corrected chi connectivity index (χ0v) is 11.2. The molecule has 2 atom stereocenters. The molecule has 2 unspecified atom stereocenters. The molecule has 1 heterocycles. The van der Waals surface area contributed by atoms with Gasteiger partial charge in [0.15, 0.2) is 7.98 Å². The summed E-state index contributed by atoms with van der Waals surface area (Å²) in [4.78, 5) is 14.8. The molecule has 1 saturated heterocycles. The second-order valence-electron chi connectivity index (χ2n) is 5.21. The lowest BCUT2D eigenvalue weighted by molar-refractivity contribution is -0.138. The molecule has 5 heteroatoms. The van der Waals surface area contributed by atoms with E-state index in [1.807, 2.05) is 18.2 Å². The summed E-state index contributed by atoms with van der Waals surface area (Å²) in [6, 6.07) is 10.4. The van der Waals surface area contributed by atoms with Crippen molar-refractivity contribution in [1.29, 1.82) is 0 Å². The Morgan fingerprint density at radius 3 is 2.68 bits per heavy atom. The first-order chi connectivity index (χ1) is 9.06. The van der Waals surface area contributed by atoms with Crippen molar-refractivity contribution in [3.63, 3.8) is 0 Å². The number of hydrogen-bond acceptors (Lipinski definition) is 3. The van der Waals surface area contributed by atoms with Crippen LogP contribution in [0.15, 0.2) is 30.3 Å². The first-order valence-electron chi connectivity index (χ1n) is 6.57. The average Bonchev–Trinajstić information content (AvgIpc) is 2.36. The predicted octanol–water partition coefficient (Wildman–Crippen LogP) is 1.12. The lowest BCUT2D eigenvalue weighted by atomic mass is 10.00. The predicted molar refractivity (Wildman–Crippen MR) is 74.8 cm³/mol. The van der Waals surface area contributed by atoms with Crippen LogP contribution in [0.2, 0.25) is 0 Å². The van der Waals surface area contributed by atoms with Crippen molar-refractivity contribution in [2.75, 3.05) is 13.1 Å². The van der Waals surface area contributed by atoms with Crippen molar-refractivity contribution in [3.8, 4) is 0 Å². The fraction of sp³-hybridized carbons (Fsp3) is 0.500. The highest BCUT2D eigenvalue weighted by molar-refractivity contribution is 6.04. The molecule has 1 N–H and O–H groups in total. The van der Waals surface area contributed by atoms with E-state index >= 15 is 0 Å². The monoisotopic (exact) mass is 258 g/mol. The summed E-state index contributed by atoms with van der Waals surface area (Å²) in [7, 11) is 5.92. The first-order valence-corrected chi connectivity index (χ1v) is 6.57. The Morgan fingerprint density at radius 2 is 2.05 bits per heavy atom. The van der Waals surface area contributed by atoms with E-state index in [1.54, 1.807) is 4.81 Å². The van der Waals surface area contributed by atoms with Gasteiger partial charge in [-0.3, -0.25) is 9.69 Å². The SMILES string of the molecule is [B]N1CC(C)N(Cc2ccccc2)CC1CC(=O)O. The minimum absolute atomic E-state index is 0.0918. The Hall–Kier alpha value is -1.33. The Bertz CT molecular complexity index is 427. The van der Waals surface area contributed by atoms with E-state index in [0.717, 1.165) is 6.54 Å². The lowest BCUT2D eigenvalue weighted by Gasteiger charge is -2.44. The van der Waals surface area contributed by atoms with Crippen LogP contribution < -0.4 is 0 Å². The standard InChI is InChI=1S/C14H19BN2O2/c1-11-8-17(15)13(7-14(18)19)10-16(11)9-12-5-3-2-4-6-12/h2-6,11,13H,7-10H2,1H3,(H,18,19). The van der Waals surface area contributed by atoms with Gasteiger partial charge in [-0.25, -0.2) is 0 Å². The largest absolute Gasteiger partial charge is 0.481 e. The van der Waals surface area contributed by atoms with Gasteiger partial charge in [-0.05, 0) is 12.5 Å². The number of aliphatic carboxylic acids is 1. The number of carboxylic acids is 1. The van der Waals surface area contributed by atoms with Crippen LogP contribution >= 0.6 is 0 Å².